The molecule has 1 saturated heterocycles. The number of rotatable bonds is 5. The summed E-state index contributed by atoms with van der Waals surface area (Å²) in [5, 5.41) is 3.06. The van der Waals surface area contributed by atoms with Crippen LogP contribution in [0.4, 0.5) is 0 Å². The lowest BCUT2D eigenvalue weighted by atomic mass is 9.89. The molecular formula is C18H22N2O3. The van der Waals surface area contributed by atoms with Crippen LogP contribution in [0.3, 0.4) is 0 Å². The van der Waals surface area contributed by atoms with E-state index in [2.05, 4.69) is 17.5 Å². The fourth-order valence-corrected chi connectivity index (χ4v) is 3.14. The number of amides is 2. The SMILES string of the molecule is COc1ccc(C(=O)N[C@H]([C@@H]2CC=CCC2)N2CCC2=O)cc1. The molecule has 0 unspecified atom stereocenters. The summed E-state index contributed by atoms with van der Waals surface area (Å²) in [5.41, 5.74) is 0.579. The van der Waals surface area contributed by atoms with Gasteiger partial charge in [-0.2, -0.15) is 0 Å². The molecule has 1 aromatic rings. The van der Waals surface area contributed by atoms with Crippen molar-refractivity contribution in [3.05, 3.63) is 42.0 Å². The lowest BCUT2D eigenvalue weighted by molar-refractivity contribution is -0.145. The number of likely N-dealkylation sites (tertiary alicyclic amines) is 1. The molecule has 5 nitrogen and oxygen atoms in total. The summed E-state index contributed by atoms with van der Waals surface area (Å²) in [6.45, 7) is 0.729. The highest BCUT2D eigenvalue weighted by Gasteiger charge is 2.36. The van der Waals surface area contributed by atoms with Crippen LogP contribution in [0.25, 0.3) is 0 Å². The molecule has 5 heteroatoms. The maximum absolute atomic E-state index is 12.5. The van der Waals surface area contributed by atoms with Gasteiger partial charge in [0.2, 0.25) is 5.91 Å². The second-order valence-electron chi connectivity index (χ2n) is 6.03. The Morgan fingerprint density at radius 1 is 1.30 bits per heavy atom. The van der Waals surface area contributed by atoms with Crippen molar-refractivity contribution >= 4 is 11.8 Å². The third kappa shape index (κ3) is 3.38. The first-order chi connectivity index (χ1) is 11.2. The zero-order chi connectivity index (χ0) is 16.2. The predicted octanol–water partition coefficient (Wildman–Crippen LogP) is 2.34. The van der Waals surface area contributed by atoms with Crippen molar-refractivity contribution in [1.82, 2.24) is 10.2 Å². The number of benzene rings is 1. The molecule has 2 aliphatic rings. The van der Waals surface area contributed by atoms with Crippen LogP contribution < -0.4 is 10.1 Å². The maximum Gasteiger partial charge on any atom is 0.252 e. The molecule has 0 spiro atoms. The first kappa shape index (κ1) is 15.6. The average Bonchev–Trinajstić information content (AvgIpc) is 2.60. The van der Waals surface area contributed by atoms with Gasteiger partial charge in [0.15, 0.2) is 0 Å². The molecule has 0 saturated carbocycles. The summed E-state index contributed by atoms with van der Waals surface area (Å²) in [4.78, 5) is 26.2. The first-order valence-corrected chi connectivity index (χ1v) is 8.08. The van der Waals surface area contributed by atoms with E-state index in [1.807, 2.05) is 0 Å². The number of hydrogen-bond acceptors (Lipinski definition) is 3. The van der Waals surface area contributed by atoms with Gasteiger partial charge in [-0.25, -0.2) is 0 Å². The molecule has 1 fully saturated rings. The van der Waals surface area contributed by atoms with E-state index in [1.165, 1.54) is 0 Å². The van der Waals surface area contributed by atoms with Gasteiger partial charge >= 0.3 is 0 Å². The molecule has 1 aromatic carbocycles. The van der Waals surface area contributed by atoms with E-state index in [-0.39, 0.29) is 23.9 Å². The number of β-lactam (4-membered cyclic amide) rings is 1. The van der Waals surface area contributed by atoms with Crippen LogP contribution >= 0.6 is 0 Å². The number of methoxy groups -OCH3 is 1. The van der Waals surface area contributed by atoms with E-state index in [0.29, 0.717) is 17.7 Å². The second-order valence-corrected chi connectivity index (χ2v) is 6.03. The van der Waals surface area contributed by atoms with Crippen molar-refractivity contribution in [2.24, 2.45) is 5.92 Å². The summed E-state index contributed by atoms with van der Waals surface area (Å²) in [6.07, 6.45) is 7.57. The Morgan fingerprint density at radius 3 is 2.61 bits per heavy atom. The quantitative estimate of drug-likeness (QED) is 0.670. The number of carbonyl (C=O) groups excluding carboxylic acids is 2. The Morgan fingerprint density at radius 2 is 2.09 bits per heavy atom. The van der Waals surface area contributed by atoms with Gasteiger partial charge in [-0.15, -0.1) is 0 Å². The van der Waals surface area contributed by atoms with Crippen molar-refractivity contribution < 1.29 is 14.3 Å². The molecule has 1 aliphatic heterocycles. The standard InChI is InChI=1S/C18H22N2O3/c1-23-15-9-7-14(8-10-15)18(22)19-17(20-12-11-16(20)21)13-5-3-2-4-6-13/h2-3,7-10,13,17H,4-6,11-12H2,1H3,(H,19,22)/t13-,17+/m1/s1. The third-order valence-electron chi connectivity index (χ3n) is 4.61. The summed E-state index contributed by atoms with van der Waals surface area (Å²) < 4.78 is 5.11. The zero-order valence-electron chi connectivity index (χ0n) is 13.3. The zero-order valence-corrected chi connectivity index (χ0v) is 13.3. The minimum absolute atomic E-state index is 0.125. The van der Waals surface area contributed by atoms with E-state index in [1.54, 1.807) is 36.3 Å². The van der Waals surface area contributed by atoms with Gasteiger partial charge in [0, 0.05) is 24.4 Å². The predicted molar refractivity (Wildman–Crippen MR) is 87.1 cm³/mol. The molecular weight excluding hydrogens is 292 g/mol. The molecule has 0 bridgehead atoms. The lowest BCUT2D eigenvalue weighted by Gasteiger charge is -2.42. The number of allylic oxidation sites excluding steroid dienone is 2. The Labute approximate surface area is 136 Å². The summed E-state index contributed by atoms with van der Waals surface area (Å²) in [6, 6.07) is 7.01. The van der Waals surface area contributed by atoms with Crippen LogP contribution in [-0.4, -0.2) is 36.5 Å². The minimum atomic E-state index is -0.212. The minimum Gasteiger partial charge on any atom is -0.497 e. The fraction of sp³-hybridized carbons (Fsp3) is 0.444. The van der Waals surface area contributed by atoms with E-state index in [0.717, 1.165) is 25.8 Å². The highest BCUT2D eigenvalue weighted by molar-refractivity contribution is 5.95. The van der Waals surface area contributed by atoms with Crippen molar-refractivity contribution in [1.29, 1.82) is 0 Å². The average molecular weight is 314 g/mol. The molecule has 1 heterocycles. The van der Waals surface area contributed by atoms with Crippen LogP contribution in [-0.2, 0) is 4.79 Å². The van der Waals surface area contributed by atoms with Gasteiger partial charge in [-0.3, -0.25) is 9.59 Å². The van der Waals surface area contributed by atoms with Crippen LogP contribution in [0, 0.1) is 5.92 Å². The van der Waals surface area contributed by atoms with Crippen LogP contribution in [0.2, 0.25) is 0 Å². The summed E-state index contributed by atoms with van der Waals surface area (Å²) in [7, 11) is 1.59. The second kappa shape index (κ2) is 6.86. The highest BCUT2D eigenvalue weighted by atomic mass is 16.5. The number of hydrogen-bond donors (Lipinski definition) is 1. The van der Waals surface area contributed by atoms with Crippen molar-refractivity contribution in [3.8, 4) is 5.75 Å². The summed E-state index contributed by atoms with van der Waals surface area (Å²) in [5.74, 6) is 0.978. The molecule has 3 rings (SSSR count). The number of nitrogens with zero attached hydrogens (tertiary/aromatic N) is 1. The van der Waals surface area contributed by atoms with Gasteiger partial charge < -0.3 is 15.0 Å². The monoisotopic (exact) mass is 314 g/mol. The van der Waals surface area contributed by atoms with E-state index in [4.69, 9.17) is 4.74 Å². The van der Waals surface area contributed by atoms with E-state index >= 15 is 0 Å². The number of ether oxygens (including phenoxy) is 1. The molecule has 122 valence electrons. The van der Waals surface area contributed by atoms with E-state index in [9.17, 15) is 9.59 Å². The van der Waals surface area contributed by atoms with Crippen molar-refractivity contribution in [3.63, 3.8) is 0 Å². The van der Waals surface area contributed by atoms with Crippen molar-refractivity contribution in [2.45, 2.75) is 31.8 Å². The van der Waals surface area contributed by atoms with Gasteiger partial charge in [0.05, 0.1) is 7.11 Å². The molecule has 2 amide bonds. The van der Waals surface area contributed by atoms with Gasteiger partial charge in [-0.1, -0.05) is 12.2 Å². The number of carbonyl (C=O) groups is 2. The van der Waals surface area contributed by atoms with Gasteiger partial charge in [0.1, 0.15) is 11.9 Å². The largest absolute Gasteiger partial charge is 0.497 e. The number of nitrogens with one attached hydrogen (secondary N) is 1. The van der Waals surface area contributed by atoms with E-state index < -0.39 is 0 Å². The Bertz CT molecular complexity index is 609. The lowest BCUT2D eigenvalue weighted by Crippen LogP contribution is -2.60. The van der Waals surface area contributed by atoms with Crippen LogP contribution in [0.5, 0.6) is 5.75 Å². The fourth-order valence-electron chi connectivity index (χ4n) is 3.14. The molecule has 23 heavy (non-hydrogen) atoms. The van der Waals surface area contributed by atoms with Gasteiger partial charge in [0.25, 0.3) is 5.91 Å². The van der Waals surface area contributed by atoms with Crippen molar-refractivity contribution in [2.75, 3.05) is 13.7 Å². The Kier molecular flexibility index (Phi) is 4.65. The maximum atomic E-state index is 12.5. The molecule has 2 atom stereocenters. The molecule has 1 N–H and O–H groups in total. The molecule has 0 aromatic heterocycles. The van der Waals surface area contributed by atoms with Gasteiger partial charge in [-0.05, 0) is 43.5 Å². The van der Waals surface area contributed by atoms with Crippen LogP contribution in [0.15, 0.2) is 36.4 Å². The Balaban J connectivity index is 1.72. The Hall–Kier alpha value is -2.30. The topological polar surface area (TPSA) is 58.6 Å². The third-order valence-corrected chi connectivity index (χ3v) is 4.61. The summed E-state index contributed by atoms with van der Waals surface area (Å²) >= 11 is 0. The normalized spacial score (nSPS) is 21.5. The first-order valence-electron chi connectivity index (χ1n) is 8.08. The molecule has 1 aliphatic carbocycles. The molecule has 0 radical (unpaired) electrons. The smallest absolute Gasteiger partial charge is 0.252 e. The van der Waals surface area contributed by atoms with Crippen LogP contribution in [0.1, 0.15) is 36.0 Å². The highest BCUT2D eigenvalue weighted by Crippen LogP contribution is 2.27.